The number of aliphatic carboxylic acids is 1. The van der Waals surface area contributed by atoms with Crippen molar-refractivity contribution >= 4 is 29.4 Å². The summed E-state index contributed by atoms with van der Waals surface area (Å²) in [4.78, 5) is 38.1. The van der Waals surface area contributed by atoms with Crippen LogP contribution in [0.5, 0.6) is 0 Å². The Kier molecular flexibility index (Phi) is 4.77. The smallest absolute Gasteiger partial charge is 0.308 e. The molecule has 7 heteroatoms. The standard InChI is InChI=1S/C16H21NO5S/c1-23-16-13(14(20)9-4-5-9)11(7-12(18)19)15(21)17(16)8-10-3-2-6-22-10/h9-10,16H,2-8H2,1H3,(H,18,19)/t10-,16-/m0/s1. The van der Waals surface area contributed by atoms with Gasteiger partial charge in [0.15, 0.2) is 5.78 Å². The number of hydrogen-bond acceptors (Lipinski definition) is 5. The molecule has 0 aromatic rings. The molecule has 23 heavy (non-hydrogen) atoms. The number of ketones is 1. The average Bonchev–Trinajstić information content (AvgIpc) is 3.18. The number of hydrogen-bond donors (Lipinski definition) is 1. The van der Waals surface area contributed by atoms with Gasteiger partial charge in [-0.2, -0.15) is 0 Å². The Hall–Kier alpha value is -1.34. The van der Waals surface area contributed by atoms with E-state index in [4.69, 9.17) is 9.84 Å². The minimum atomic E-state index is -1.08. The van der Waals surface area contributed by atoms with Crippen molar-refractivity contribution in [3.63, 3.8) is 0 Å². The Morgan fingerprint density at radius 2 is 2.09 bits per heavy atom. The fourth-order valence-electron chi connectivity index (χ4n) is 3.29. The topological polar surface area (TPSA) is 83.9 Å². The van der Waals surface area contributed by atoms with Crippen molar-refractivity contribution in [1.29, 1.82) is 0 Å². The molecule has 2 atom stereocenters. The fourth-order valence-corrected chi connectivity index (χ4v) is 4.22. The molecule has 3 rings (SSSR count). The van der Waals surface area contributed by atoms with Crippen molar-refractivity contribution in [2.45, 2.75) is 43.6 Å². The van der Waals surface area contributed by atoms with Crippen molar-refractivity contribution < 1.29 is 24.2 Å². The molecule has 6 nitrogen and oxygen atoms in total. The van der Waals surface area contributed by atoms with E-state index in [1.807, 2.05) is 6.26 Å². The zero-order chi connectivity index (χ0) is 16.6. The number of rotatable bonds is 7. The lowest BCUT2D eigenvalue weighted by atomic mass is 10.0. The Balaban J connectivity index is 1.88. The number of carboxylic acids is 1. The van der Waals surface area contributed by atoms with Crippen molar-refractivity contribution in [2.75, 3.05) is 19.4 Å². The number of nitrogens with zero attached hydrogens (tertiary/aromatic N) is 1. The number of Topliss-reactive ketones (excluding diaryl/α,β-unsaturated/α-hetero) is 1. The zero-order valence-electron chi connectivity index (χ0n) is 13.1. The predicted octanol–water partition coefficient (Wildman–Crippen LogP) is 1.45. The van der Waals surface area contributed by atoms with Gasteiger partial charge in [-0.3, -0.25) is 14.4 Å². The summed E-state index contributed by atoms with van der Waals surface area (Å²) in [6, 6.07) is 0. The number of ether oxygens (including phenoxy) is 1. The molecule has 2 heterocycles. The Morgan fingerprint density at radius 1 is 1.35 bits per heavy atom. The van der Waals surface area contributed by atoms with Gasteiger partial charge >= 0.3 is 5.97 Å². The molecule has 0 aromatic carbocycles. The maximum absolute atomic E-state index is 12.7. The monoisotopic (exact) mass is 339 g/mol. The third kappa shape index (κ3) is 3.30. The highest BCUT2D eigenvalue weighted by atomic mass is 32.2. The van der Waals surface area contributed by atoms with Crippen LogP contribution in [0.4, 0.5) is 0 Å². The molecule has 2 fully saturated rings. The summed E-state index contributed by atoms with van der Waals surface area (Å²) in [5.74, 6) is -1.46. The minimum absolute atomic E-state index is 0.0185. The van der Waals surface area contributed by atoms with Crippen LogP contribution in [0, 0.1) is 5.92 Å². The van der Waals surface area contributed by atoms with E-state index in [0.717, 1.165) is 25.7 Å². The first-order valence-corrected chi connectivity index (χ1v) is 9.26. The maximum atomic E-state index is 12.7. The second-order valence-electron chi connectivity index (χ2n) is 6.28. The van der Waals surface area contributed by atoms with Crippen molar-refractivity contribution in [1.82, 2.24) is 4.90 Å². The molecule has 1 aliphatic carbocycles. The van der Waals surface area contributed by atoms with Gasteiger partial charge in [0.05, 0.1) is 12.5 Å². The quantitative estimate of drug-likeness (QED) is 0.756. The number of carbonyl (C=O) groups excluding carboxylic acids is 2. The summed E-state index contributed by atoms with van der Waals surface area (Å²) >= 11 is 1.42. The van der Waals surface area contributed by atoms with Crippen molar-refractivity contribution in [3.05, 3.63) is 11.1 Å². The van der Waals surface area contributed by atoms with Crippen LogP contribution in [-0.4, -0.2) is 58.6 Å². The normalized spacial score (nSPS) is 27.9. The third-order valence-electron chi connectivity index (χ3n) is 4.56. The Labute approximate surface area is 139 Å². The summed E-state index contributed by atoms with van der Waals surface area (Å²) in [6.07, 6.45) is 4.99. The third-order valence-corrected chi connectivity index (χ3v) is 5.50. The lowest BCUT2D eigenvalue weighted by Gasteiger charge is -2.27. The molecule has 0 aromatic heterocycles. The van der Waals surface area contributed by atoms with Crippen LogP contribution in [0.2, 0.25) is 0 Å². The highest BCUT2D eigenvalue weighted by Crippen LogP contribution is 2.41. The zero-order valence-corrected chi connectivity index (χ0v) is 13.9. The van der Waals surface area contributed by atoms with Crippen LogP contribution in [-0.2, 0) is 19.1 Å². The van der Waals surface area contributed by atoms with Crippen LogP contribution in [0.15, 0.2) is 11.1 Å². The minimum Gasteiger partial charge on any atom is -0.481 e. The first kappa shape index (κ1) is 16.5. The summed E-state index contributed by atoms with van der Waals surface area (Å²) in [7, 11) is 0. The molecule has 1 saturated heterocycles. The van der Waals surface area contributed by atoms with Crippen LogP contribution in [0.3, 0.4) is 0 Å². The Morgan fingerprint density at radius 3 is 2.61 bits per heavy atom. The van der Waals surface area contributed by atoms with Crippen molar-refractivity contribution in [3.8, 4) is 0 Å². The van der Waals surface area contributed by atoms with E-state index in [1.54, 1.807) is 4.90 Å². The Bertz CT molecular complexity index is 563. The van der Waals surface area contributed by atoms with Gasteiger partial charge in [0.1, 0.15) is 5.37 Å². The maximum Gasteiger partial charge on any atom is 0.308 e. The second-order valence-corrected chi connectivity index (χ2v) is 7.20. The fraction of sp³-hybridized carbons (Fsp3) is 0.688. The molecular formula is C16H21NO5S. The van der Waals surface area contributed by atoms with Gasteiger partial charge in [0.25, 0.3) is 5.91 Å². The van der Waals surface area contributed by atoms with Crippen molar-refractivity contribution in [2.24, 2.45) is 5.92 Å². The number of amides is 1. The van der Waals surface area contributed by atoms with E-state index in [9.17, 15) is 14.4 Å². The molecule has 1 saturated carbocycles. The van der Waals surface area contributed by atoms with E-state index in [-0.39, 0.29) is 41.1 Å². The van der Waals surface area contributed by atoms with E-state index >= 15 is 0 Å². The molecule has 0 radical (unpaired) electrons. The molecule has 3 aliphatic rings. The van der Waals surface area contributed by atoms with Gasteiger partial charge in [-0.15, -0.1) is 11.8 Å². The van der Waals surface area contributed by atoms with Crippen LogP contribution < -0.4 is 0 Å². The van der Waals surface area contributed by atoms with Gasteiger partial charge in [-0.1, -0.05) is 0 Å². The molecule has 0 bridgehead atoms. The second kappa shape index (κ2) is 6.65. The van der Waals surface area contributed by atoms with Crippen LogP contribution >= 0.6 is 11.8 Å². The largest absolute Gasteiger partial charge is 0.481 e. The summed E-state index contributed by atoms with van der Waals surface area (Å²) in [5, 5.41) is 8.75. The van der Waals surface area contributed by atoms with Gasteiger partial charge in [-0.05, 0) is 31.9 Å². The summed E-state index contributed by atoms with van der Waals surface area (Å²) < 4.78 is 5.60. The molecule has 0 spiro atoms. The van der Waals surface area contributed by atoms with E-state index in [1.165, 1.54) is 11.8 Å². The molecule has 0 unspecified atom stereocenters. The molecule has 1 N–H and O–H groups in total. The first-order valence-electron chi connectivity index (χ1n) is 7.97. The number of carbonyl (C=O) groups is 3. The average molecular weight is 339 g/mol. The molecule has 126 valence electrons. The molecule has 2 aliphatic heterocycles. The van der Waals surface area contributed by atoms with E-state index in [2.05, 4.69) is 0 Å². The summed E-state index contributed by atoms with van der Waals surface area (Å²) in [5.41, 5.74) is 0.595. The number of carboxylic acid groups (broad SMARTS) is 1. The van der Waals surface area contributed by atoms with Gasteiger partial charge in [0, 0.05) is 30.2 Å². The lowest BCUT2D eigenvalue weighted by Crippen LogP contribution is -2.40. The van der Waals surface area contributed by atoms with Gasteiger partial charge in [-0.25, -0.2) is 0 Å². The van der Waals surface area contributed by atoms with E-state index in [0.29, 0.717) is 18.7 Å². The number of thioether (sulfide) groups is 1. The van der Waals surface area contributed by atoms with E-state index < -0.39 is 5.97 Å². The first-order chi connectivity index (χ1) is 11.0. The lowest BCUT2D eigenvalue weighted by molar-refractivity contribution is -0.137. The molecule has 1 amide bonds. The highest BCUT2D eigenvalue weighted by molar-refractivity contribution is 7.99. The van der Waals surface area contributed by atoms with Crippen LogP contribution in [0.1, 0.15) is 32.1 Å². The van der Waals surface area contributed by atoms with Crippen LogP contribution in [0.25, 0.3) is 0 Å². The predicted molar refractivity (Wildman–Crippen MR) is 85.0 cm³/mol. The highest BCUT2D eigenvalue weighted by Gasteiger charge is 2.46. The van der Waals surface area contributed by atoms with Gasteiger partial charge < -0.3 is 14.7 Å². The van der Waals surface area contributed by atoms with Gasteiger partial charge in [0.2, 0.25) is 0 Å². The summed E-state index contributed by atoms with van der Waals surface area (Å²) in [6.45, 7) is 1.12. The SMILES string of the molecule is CS[C@H]1C(C(=O)C2CC2)=C(CC(=O)O)C(=O)N1C[C@@H]1CCCO1. The molecular weight excluding hydrogens is 318 g/mol.